The molecule has 0 aromatic heterocycles. The van der Waals surface area contributed by atoms with E-state index < -0.39 is 0 Å². The van der Waals surface area contributed by atoms with E-state index in [9.17, 15) is 4.79 Å². The first kappa shape index (κ1) is 13.0. The number of amides is 1. The van der Waals surface area contributed by atoms with Crippen LogP contribution in [0.25, 0.3) is 0 Å². The normalized spacial score (nSPS) is 10.0. The van der Waals surface area contributed by atoms with Crippen LogP contribution < -0.4 is 15.8 Å². The summed E-state index contributed by atoms with van der Waals surface area (Å²) in [6, 6.07) is 12.4. The minimum Gasteiger partial charge on any atom is -0.497 e. The number of rotatable bonds is 3. The van der Waals surface area contributed by atoms with Gasteiger partial charge in [0.2, 0.25) is 0 Å². The van der Waals surface area contributed by atoms with Gasteiger partial charge in [-0.1, -0.05) is 0 Å². The Bertz CT molecular complexity index is 592. The van der Waals surface area contributed by atoms with E-state index >= 15 is 0 Å². The molecule has 0 aliphatic rings. The molecule has 0 unspecified atom stereocenters. The molecule has 0 saturated heterocycles. The molecule has 0 spiro atoms. The highest BCUT2D eigenvalue weighted by Crippen LogP contribution is 2.17. The maximum Gasteiger partial charge on any atom is 0.255 e. The lowest BCUT2D eigenvalue weighted by molar-refractivity contribution is 0.102. The molecule has 3 N–H and O–H groups in total. The molecule has 0 aliphatic carbocycles. The smallest absolute Gasteiger partial charge is 0.255 e. The monoisotopic (exact) mass is 256 g/mol. The van der Waals surface area contributed by atoms with Gasteiger partial charge in [0, 0.05) is 16.9 Å². The van der Waals surface area contributed by atoms with Crippen LogP contribution in [0.4, 0.5) is 11.4 Å². The molecule has 0 heterocycles. The molecule has 19 heavy (non-hydrogen) atoms. The van der Waals surface area contributed by atoms with Crippen molar-refractivity contribution in [3.05, 3.63) is 53.6 Å². The maximum absolute atomic E-state index is 12.0. The van der Waals surface area contributed by atoms with Crippen molar-refractivity contribution in [3.8, 4) is 5.75 Å². The van der Waals surface area contributed by atoms with Crippen LogP contribution in [0, 0.1) is 6.92 Å². The van der Waals surface area contributed by atoms with Crippen molar-refractivity contribution < 1.29 is 9.53 Å². The average molecular weight is 256 g/mol. The Hall–Kier alpha value is -2.49. The third kappa shape index (κ3) is 3.04. The molecule has 98 valence electrons. The minimum atomic E-state index is -0.159. The first-order valence-electron chi connectivity index (χ1n) is 5.91. The molecule has 4 heteroatoms. The zero-order chi connectivity index (χ0) is 13.8. The highest BCUT2D eigenvalue weighted by molar-refractivity contribution is 6.04. The van der Waals surface area contributed by atoms with Gasteiger partial charge >= 0.3 is 0 Å². The number of carbonyl (C=O) groups excluding carboxylic acids is 1. The number of nitrogens with two attached hydrogens (primary N) is 1. The van der Waals surface area contributed by atoms with Crippen LogP contribution in [0.15, 0.2) is 42.5 Å². The molecule has 2 rings (SSSR count). The van der Waals surface area contributed by atoms with E-state index in [1.165, 1.54) is 0 Å². The summed E-state index contributed by atoms with van der Waals surface area (Å²) in [5.74, 6) is 0.592. The lowest BCUT2D eigenvalue weighted by Gasteiger charge is -2.08. The van der Waals surface area contributed by atoms with E-state index in [1.54, 1.807) is 49.6 Å². The molecule has 0 saturated carbocycles. The predicted octanol–water partition coefficient (Wildman–Crippen LogP) is 2.84. The second-order valence-electron chi connectivity index (χ2n) is 4.25. The molecular formula is C15H16N2O2. The number of anilines is 2. The number of benzene rings is 2. The van der Waals surface area contributed by atoms with Crippen LogP contribution in [0.5, 0.6) is 5.75 Å². The van der Waals surface area contributed by atoms with Crippen molar-refractivity contribution in [2.24, 2.45) is 0 Å². The Morgan fingerprint density at radius 1 is 1.16 bits per heavy atom. The molecule has 1 amide bonds. The molecule has 2 aromatic carbocycles. The molecule has 2 aromatic rings. The van der Waals surface area contributed by atoms with Gasteiger partial charge in [-0.25, -0.2) is 0 Å². The summed E-state index contributed by atoms with van der Waals surface area (Å²) >= 11 is 0. The summed E-state index contributed by atoms with van der Waals surface area (Å²) in [6.07, 6.45) is 0. The second kappa shape index (κ2) is 5.44. The van der Waals surface area contributed by atoms with Crippen LogP contribution in [0.1, 0.15) is 15.9 Å². The van der Waals surface area contributed by atoms with Gasteiger partial charge in [-0.05, 0) is 55.0 Å². The van der Waals surface area contributed by atoms with E-state index in [4.69, 9.17) is 10.5 Å². The second-order valence-corrected chi connectivity index (χ2v) is 4.25. The van der Waals surface area contributed by atoms with Crippen molar-refractivity contribution in [3.63, 3.8) is 0 Å². The SMILES string of the molecule is COc1ccc(NC(=O)c2ccc(N)c(C)c2)cc1. The van der Waals surface area contributed by atoms with Crippen molar-refractivity contribution >= 4 is 17.3 Å². The Labute approximate surface area is 112 Å². The zero-order valence-corrected chi connectivity index (χ0v) is 10.9. The average Bonchev–Trinajstić information content (AvgIpc) is 2.42. The first-order valence-corrected chi connectivity index (χ1v) is 5.91. The third-order valence-corrected chi connectivity index (χ3v) is 2.88. The zero-order valence-electron chi connectivity index (χ0n) is 10.9. The quantitative estimate of drug-likeness (QED) is 0.830. The van der Waals surface area contributed by atoms with Crippen LogP contribution in [-0.4, -0.2) is 13.0 Å². The number of hydrogen-bond acceptors (Lipinski definition) is 3. The van der Waals surface area contributed by atoms with Crippen molar-refractivity contribution in [2.45, 2.75) is 6.92 Å². The summed E-state index contributed by atoms with van der Waals surface area (Å²) in [6.45, 7) is 1.87. The molecular weight excluding hydrogens is 240 g/mol. The summed E-state index contributed by atoms with van der Waals surface area (Å²) in [5, 5.41) is 2.82. The fourth-order valence-electron chi connectivity index (χ4n) is 1.69. The number of ether oxygens (including phenoxy) is 1. The number of aryl methyl sites for hydroxylation is 1. The van der Waals surface area contributed by atoms with Gasteiger partial charge in [0.15, 0.2) is 0 Å². The van der Waals surface area contributed by atoms with E-state index in [0.717, 1.165) is 17.0 Å². The molecule has 0 bridgehead atoms. The summed E-state index contributed by atoms with van der Waals surface area (Å²) < 4.78 is 5.06. The number of nitrogens with one attached hydrogen (secondary N) is 1. The van der Waals surface area contributed by atoms with Crippen LogP contribution in [0.2, 0.25) is 0 Å². The topological polar surface area (TPSA) is 64.3 Å². The third-order valence-electron chi connectivity index (χ3n) is 2.88. The van der Waals surface area contributed by atoms with Crippen LogP contribution in [0.3, 0.4) is 0 Å². The number of methoxy groups -OCH3 is 1. The number of carbonyl (C=O) groups is 1. The Morgan fingerprint density at radius 3 is 2.42 bits per heavy atom. The van der Waals surface area contributed by atoms with Gasteiger partial charge in [0.05, 0.1) is 7.11 Å². The molecule has 0 fully saturated rings. The molecule has 4 nitrogen and oxygen atoms in total. The Morgan fingerprint density at radius 2 is 1.84 bits per heavy atom. The molecule has 0 aliphatic heterocycles. The first-order chi connectivity index (χ1) is 9.10. The van der Waals surface area contributed by atoms with Gasteiger partial charge < -0.3 is 15.8 Å². The molecule has 0 atom stereocenters. The van der Waals surface area contributed by atoms with E-state index in [2.05, 4.69) is 5.32 Å². The Kier molecular flexibility index (Phi) is 3.71. The van der Waals surface area contributed by atoms with Crippen LogP contribution >= 0.6 is 0 Å². The van der Waals surface area contributed by atoms with E-state index in [0.29, 0.717) is 11.3 Å². The lowest BCUT2D eigenvalue weighted by atomic mass is 10.1. The predicted molar refractivity (Wildman–Crippen MR) is 76.5 cm³/mol. The summed E-state index contributed by atoms with van der Waals surface area (Å²) in [7, 11) is 1.60. The summed E-state index contributed by atoms with van der Waals surface area (Å²) in [5.41, 5.74) is 8.61. The van der Waals surface area contributed by atoms with Gasteiger partial charge in [-0.15, -0.1) is 0 Å². The Balaban J connectivity index is 2.13. The summed E-state index contributed by atoms with van der Waals surface area (Å²) in [4.78, 5) is 12.0. The van der Waals surface area contributed by atoms with E-state index in [-0.39, 0.29) is 5.91 Å². The molecule has 0 radical (unpaired) electrons. The van der Waals surface area contributed by atoms with Crippen molar-refractivity contribution in [2.75, 3.05) is 18.2 Å². The highest BCUT2D eigenvalue weighted by Gasteiger charge is 2.07. The lowest BCUT2D eigenvalue weighted by Crippen LogP contribution is -2.12. The fraction of sp³-hybridized carbons (Fsp3) is 0.133. The van der Waals surface area contributed by atoms with Crippen molar-refractivity contribution in [1.82, 2.24) is 0 Å². The van der Waals surface area contributed by atoms with Gasteiger partial charge in [0.25, 0.3) is 5.91 Å². The number of hydrogen-bond donors (Lipinski definition) is 2. The standard InChI is InChI=1S/C15H16N2O2/c1-10-9-11(3-8-14(10)16)15(18)17-12-4-6-13(19-2)7-5-12/h3-9H,16H2,1-2H3,(H,17,18). The van der Waals surface area contributed by atoms with E-state index in [1.807, 2.05) is 6.92 Å². The minimum absolute atomic E-state index is 0.159. The number of nitrogen functional groups attached to an aromatic ring is 1. The fourth-order valence-corrected chi connectivity index (χ4v) is 1.69. The van der Waals surface area contributed by atoms with Crippen molar-refractivity contribution in [1.29, 1.82) is 0 Å². The van der Waals surface area contributed by atoms with Gasteiger partial charge in [0.1, 0.15) is 5.75 Å². The van der Waals surface area contributed by atoms with Crippen LogP contribution in [-0.2, 0) is 0 Å². The van der Waals surface area contributed by atoms with Gasteiger partial charge in [-0.3, -0.25) is 4.79 Å². The highest BCUT2D eigenvalue weighted by atomic mass is 16.5. The van der Waals surface area contributed by atoms with Gasteiger partial charge in [-0.2, -0.15) is 0 Å². The largest absolute Gasteiger partial charge is 0.497 e. The maximum atomic E-state index is 12.0.